The van der Waals surface area contributed by atoms with Crippen molar-refractivity contribution >= 4 is 33.7 Å². The minimum atomic E-state index is -4.47. The second kappa shape index (κ2) is 7.36. The molecule has 30 heavy (non-hydrogen) atoms. The van der Waals surface area contributed by atoms with E-state index < -0.39 is 18.6 Å². The predicted molar refractivity (Wildman–Crippen MR) is 106 cm³/mol. The molecule has 2 aromatic carbocycles. The van der Waals surface area contributed by atoms with E-state index in [-0.39, 0.29) is 17.4 Å². The number of fused-ring (bicyclic) bond motifs is 2. The third-order valence-corrected chi connectivity index (χ3v) is 4.34. The number of hydrogen-bond acceptors (Lipinski definition) is 4. The number of ether oxygens (including phenoxy) is 1. The first-order valence-electron chi connectivity index (χ1n) is 9.18. The van der Waals surface area contributed by atoms with Gasteiger partial charge in [0, 0.05) is 17.0 Å². The lowest BCUT2D eigenvalue weighted by atomic mass is 10.2. The lowest BCUT2D eigenvalue weighted by Crippen LogP contribution is -2.19. The Morgan fingerprint density at radius 2 is 2.03 bits per heavy atom. The number of aromatic amines is 1. The highest BCUT2D eigenvalue weighted by Crippen LogP contribution is 2.30. The summed E-state index contributed by atoms with van der Waals surface area (Å²) in [5, 5.41) is 6.99. The van der Waals surface area contributed by atoms with Gasteiger partial charge in [-0.25, -0.2) is 4.98 Å². The third-order valence-electron chi connectivity index (χ3n) is 4.34. The van der Waals surface area contributed by atoms with E-state index in [9.17, 15) is 18.0 Å². The van der Waals surface area contributed by atoms with Gasteiger partial charge in [0.05, 0.1) is 29.0 Å². The molecule has 10 heteroatoms. The molecular formula is C20H18F3N5O2. The van der Waals surface area contributed by atoms with Crippen LogP contribution in [0.25, 0.3) is 21.9 Å². The molecule has 0 saturated heterocycles. The number of carbonyl (C=O) groups excluding carboxylic acids is 1. The van der Waals surface area contributed by atoms with Crippen molar-refractivity contribution in [3.63, 3.8) is 0 Å². The molecule has 0 saturated carbocycles. The van der Waals surface area contributed by atoms with Crippen LogP contribution in [0, 0.1) is 0 Å². The molecule has 4 aromatic rings. The van der Waals surface area contributed by atoms with Crippen LogP contribution in [-0.2, 0) is 6.54 Å². The second-order valence-corrected chi connectivity index (χ2v) is 7.06. The normalized spacial score (nSPS) is 12.1. The Bertz CT molecular complexity index is 1230. The van der Waals surface area contributed by atoms with Crippen molar-refractivity contribution < 1.29 is 22.7 Å². The molecule has 0 radical (unpaired) electrons. The van der Waals surface area contributed by atoms with Gasteiger partial charge >= 0.3 is 6.18 Å². The Morgan fingerprint density at radius 1 is 1.23 bits per heavy atom. The SMILES string of the molecule is CC(C)Oc1ccc2c(NC(=O)c3ccc4nc[nH]c4c3)nn(CC(F)(F)F)c2c1. The van der Waals surface area contributed by atoms with Crippen LogP contribution < -0.4 is 10.1 Å². The van der Waals surface area contributed by atoms with Crippen LogP contribution >= 0.6 is 0 Å². The zero-order valence-electron chi connectivity index (χ0n) is 16.1. The van der Waals surface area contributed by atoms with Crippen LogP contribution in [0.1, 0.15) is 24.2 Å². The van der Waals surface area contributed by atoms with Gasteiger partial charge in [0.1, 0.15) is 12.3 Å². The average molecular weight is 417 g/mol. The first kappa shape index (κ1) is 19.7. The molecule has 4 rings (SSSR count). The number of imidazole rings is 1. The molecule has 0 unspecified atom stereocenters. The first-order chi connectivity index (χ1) is 14.2. The van der Waals surface area contributed by atoms with Crippen molar-refractivity contribution in [1.82, 2.24) is 19.7 Å². The predicted octanol–water partition coefficient (Wildman–Crippen LogP) is 4.51. The van der Waals surface area contributed by atoms with Crippen molar-refractivity contribution in [3.8, 4) is 5.75 Å². The van der Waals surface area contributed by atoms with E-state index in [0.29, 0.717) is 27.7 Å². The number of benzene rings is 2. The van der Waals surface area contributed by atoms with Crippen LogP contribution in [0.2, 0.25) is 0 Å². The Kier molecular flexibility index (Phi) is 4.84. The largest absolute Gasteiger partial charge is 0.491 e. The number of amides is 1. The molecular weight excluding hydrogens is 399 g/mol. The van der Waals surface area contributed by atoms with E-state index in [1.165, 1.54) is 12.4 Å². The summed E-state index contributed by atoms with van der Waals surface area (Å²) in [7, 11) is 0. The van der Waals surface area contributed by atoms with Gasteiger partial charge in [-0.05, 0) is 44.2 Å². The Balaban J connectivity index is 1.70. The number of nitrogens with zero attached hydrogens (tertiary/aromatic N) is 3. The van der Waals surface area contributed by atoms with Crippen LogP contribution in [0.3, 0.4) is 0 Å². The molecule has 7 nitrogen and oxygen atoms in total. The number of anilines is 1. The van der Waals surface area contributed by atoms with Crippen LogP contribution in [0.5, 0.6) is 5.75 Å². The van der Waals surface area contributed by atoms with Crippen molar-refractivity contribution in [2.24, 2.45) is 0 Å². The van der Waals surface area contributed by atoms with Gasteiger partial charge in [0.25, 0.3) is 5.91 Å². The fourth-order valence-electron chi connectivity index (χ4n) is 3.14. The minimum absolute atomic E-state index is 0.0417. The van der Waals surface area contributed by atoms with E-state index in [0.717, 1.165) is 4.68 Å². The molecule has 0 bridgehead atoms. The maximum atomic E-state index is 13.0. The second-order valence-electron chi connectivity index (χ2n) is 7.06. The van der Waals surface area contributed by atoms with E-state index in [1.54, 1.807) is 30.3 Å². The number of carbonyl (C=O) groups is 1. The lowest BCUT2D eigenvalue weighted by molar-refractivity contribution is -0.141. The van der Waals surface area contributed by atoms with Crippen molar-refractivity contribution in [2.45, 2.75) is 32.7 Å². The summed E-state index contributed by atoms with van der Waals surface area (Å²) in [5.41, 5.74) is 1.91. The quantitative estimate of drug-likeness (QED) is 0.500. The zero-order valence-corrected chi connectivity index (χ0v) is 16.1. The summed E-state index contributed by atoms with van der Waals surface area (Å²) in [4.78, 5) is 19.7. The number of alkyl halides is 3. The Morgan fingerprint density at radius 3 is 2.77 bits per heavy atom. The van der Waals surface area contributed by atoms with Gasteiger partial charge < -0.3 is 15.0 Å². The highest BCUT2D eigenvalue weighted by atomic mass is 19.4. The van der Waals surface area contributed by atoms with Crippen LogP contribution in [0.4, 0.5) is 19.0 Å². The molecule has 156 valence electrons. The smallest absolute Gasteiger partial charge is 0.408 e. The summed E-state index contributed by atoms with van der Waals surface area (Å²) < 4.78 is 45.5. The molecule has 0 spiro atoms. The number of aromatic nitrogens is 4. The molecule has 2 heterocycles. The average Bonchev–Trinajstić information content (AvgIpc) is 3.24. The summed E-state index contributed by atoms with van der Waals surface area (Å²) in [5.74, 6) is -0.0315. The van der Waals surface area contributed by atoms with Gasteiger partial charge in [-0.3, -0.25) is 9.48 Å². The maximum Gasteiger partial charge on any atom is 0.408 e. The third kappa shape index (κ3) is 4.07. The van der Waals surface area contributed by atoms with E-state index in [1.807, 2.05) is 13.8 Å². The Labute approximate surface area is 168 Å². The molecule has 2 aromatic heterocycles. The van der Waals surface area contributed by atoms with Crippen molar-refractivity contribution in [2.75, 3.05) is 5.32 Å². The van der Waals surface area contributed by atoms with Gasteiger partial charge in [-0.2, -0.15) is 18.3 Å². The molecule has 0 fully saturated rings. The lowest BCUT2D eigenvalue weighted by Gasteiger charge is -2.11. The molecule has 0 atom stereocenters. The van der Waals surface area contributed by atoms with Gasteiger partial charge in [-0.1, -0.05) is 0 Å². The van der Waals surface area contributed by atoms with Crippen molar-refractivity contribution in [1.29, 1.82) is 0 Å². The number of halogens is 3. The fraction of sp³-hybridized carbons (Fsp3) is 0.250. The summed E-state index contributed by atoms with van der Waals surface area (Å²) in [6, 6.07) is 9.58. The van der Waals surface area contributed by atoms with Gasteiger partial charge in [0.2, 0.25) is 0 Å². The molecule has 0 aliphatic carbocycles. The van der Waals surface area contributed by atoms with Crippen LogP contribution in [-0.4, -0.2) is 37.9 Å². The molecule has 0 aliphatic heterocycles. The van der Waals surface area contributed by atoms with Gasteiger partial charge in [-0.15, -0.1) is 0 Å². The number of hydrogen-bond donors (Lipinski definition) is 2. The molecule has 0 aliphatic rings. The van der Waals surface area contributed by atoms with E-state index >= 15 is 0 Å². The molecule has 2 N–H and O–H groups in total. The van der Waals surface area contributed by atoms with E-state index in [4.69, 9.17) is 4.74 Å². The highest BCUT2D eigenvalue weighted by Gasteiger charge is 2.30. The van der Waals surface area contributed by atoms with Crippen LogP contribution in [0.15, 0.2) is 42.7 Å². The number of nitrogens with one attached hydrogen (secondary N) is 2. The molecule has 1 amide bonds. The summed E-state index contributed by atoms with van der Waals surface area (Å²) in [6.07, 6.45) is -3.10. The zero-order chi connectivity index (χ0) is 21.5. The topological polar surface area (TPSA) is 84.8 Å². The maximum absolute atomic E-state index is 13.0. The van der Waals surface area contributed by atoms with Crippen molar-refractivity contribution in [3.05, 3.63) is 48.3 Å². The Hall–Kier alpha value is -3.56. The number of rotatable bonds is 5. The monoisotopic (exact) mass is 417 g/mol. The van der Waals surface area contributed by atoms with E-state index in [2.05, 4.69) is 20.4 Å². The first-order valence-corrected chi connectivity index (χ1v) is 9.18. The standard InChI is InChI=1S/C20H18F3N5O2/c1-11(2)30-13-4-5-14-17(8-13)28(9-20(21,22)23)27-18(14)26-19(29)12-3-6-15-16(7-12)25-10-24-15/h3-8,10-11H,9H2,1-2H3,(H,24,25)(H,26,27,29). The number of H-pyrrole nitrogens is 1. The fourth-order valence-corrected chi connectivity index (χ4v) is 3.14. The van der Waals surface area contributed by atoms with Gasteiger partial charge in [0.15, 0.2) is 5.82 Å². The summed E-state index contributed by atoms with van der Waals surface area (Å²) >= 11 is 0. The minimum Gasteiger partial charge on any atom is -0.491 e. The summed E-state index contributed by atoms with van der Waals surface area (Å²) in [6.45, 7) is 2.35. The highest BCUT2D eigenvalue weighted by molar-refractivity contribution is 6.09.